The largest absolute Gasteiger partial charge is 0.237 e. The number of hydrogen-bond acceptors (Lipinski definition) is 0. The molecule has 0 radical (unpaired) electrons. The molecule has 0 fully saturated rings. The summed E-state index contributed by atoms with van der Waals surface area (Å²) >= 11 is 5.59. The van der Waals surface area contributed by atoms with E-state index >= 15 is 0 Å². The van der Waals surface area contributed by atoms with E-state index in [1.807, 2.05) is 6.08 Å². The van der Waals surface area contributed by atoms with Gasteiger partial charge in [-0.2, -0.15) is 0 Å². The Morgan fingerprint density at radius 2 is 2.10 bits per heavy atom. The Hall–Kier alpha value is 0.630. The van der Waals surface area contributed by atoms with Gasteiger partial charge >= 0.3 is 0 Å². The van der Waals surface area contributed by atoms with E-state index in [4.69, 9.17) is 0 Å². The Balaban J connectivity index is 3.37. The Morgan fingerprint density at radius 3 is 2.50 bits per heavy atom. The van der Waals surface area contributed by atoms with Crippen LogP contribution in [0.4, 0.5) is 4.39 Å². The molecule has 0 heterocycles. The van der Waals surface area contributed by atoms with Crippen LogP contribution in [0.15, 0.2) is 12.2 Å². The molecular formula is C7H11Br2F. The van der Waals surface area contributed by atoms with E-state index < -0.39 is 3.49 Å². The summed E-state index contributed by atoms with van der Waals surface area (Å²) in [6.07, 6.45) is 6.50. The van der Waals surface area contributed by atoms with Crippen molar-refractivity contribution in [2.45, 2.75) is 29.7 Å². The maximum absolute atomic E-state index is 12.6. The van der Waals surface area contributed by atoms with Gasteiger partial charge in [0.25, 0.3) is 0 Å². The number of hydrogen-bond donors (Lipinski definition) is 0. The fourth-order valence-electron chi connectivity index (χ4n) is 0.539. The molecule has 0 atom stereocenters. The monoisotopic (exact) mass is 272 g/mol. The van der Waals surface area contributed by atoms with Gasteiger partial charge in [-0.1, -0.05) is 25.8 Å². The van der Waals surface area contributed by atoms with Crippen LogP contribution in [0.2, 0.25) is 0 Å². The molecule has 0 aliphatic carbocycles. The molecule has 0 aromatic heterocycles. The highest BCUT2D eigenvalue weighted by molar-refractivity contribution is 9.25. The van der Waals surface area contributed by atoms with Crippen LogP contribution in [0, 0.1) is 0 Å². The molecule has 0 rings (SSSR count). The third kappa shape index (κ3) is 8.63. The van der Waals surface area contributed by atoms with Crippen LogP contribution in [-0.4, -0.2) is 3.49 Å². The van der Waals surface area contributed by atoms with Gasteiger partial charge in [-0.05, 0) is 44.4 Å². The molecule has 60 valence electrons. The molecule has 0 aliphatic rings. The third-order valence-corrected chi connectivity index (χ3v) is 1.56. The molecule has 0 saturated carbocycles. The second-order valence-corrected chi connectivity index (χ2v) is 5.46. The summed E-state index contributed by atoms with van der Waals surface area (Å²) in [5.41, 5.74) is 0. The zero-order valence-corrected chi connectivity index (χ0v) is 9.08. The zero-order valence-electron chi connectivity index (χ0n) is 5.91. The molecule has 0 unspecified atom stereocenters. The van der Waals surface area contributed by atoms with E-state index in [0.717, 1.165) is 19.3 Å². The van der Waals surface area contributed by atoms with E-state index in [1.54, 1.807) is 0 Å². The Morgan fingerprint density at radius 1 is 1.50 bits per heavy atom. The molecule has 0 spiro atoms. The number of halogens is 3. The van der Waals surface area contributed by atoms with E-state index in [9.17, 15) is 4.39 Å². The minimum atomic E-state index is -1.51. The van der Waals surface area contributed by atoms with Crippen molar-refractivity contribution in [2.24, 2.45) is 0 Å². The summed E-state index contributed by atoms with van der Waals surface area (Å²) in [5, 5.41) is 0. The quantitative estimate of drug-likeness (QED) is 0.410. The van der Waals surface area contributed by atoms with Crippen LogP contribution in [0.25, 0.3) is 0 Å². The molecule has 0 amide bonds. The van der Waals surface area contributed by atoms with Crippen LogP contribution < -0.4 is 0 Å². The van der Waals surface area contributed by atoms with E-state index in [2.05, 4.69) is 38.8 Å². The molecular weight excluding hydrogens is 263 g/mol. The summed E-state index contributed by atoms with van der Waals surface area (Å²) in [5.74, 6) is 0. The van der Waals surface area contributed by atoms with Crippen molar-refractivity contribution in [1.29, 1.82) is 0 Å². The van der Waals surface area contributed by atoms with Crippen LogP contribution in [0.5, 0.6) is 0 Å². The Labute approximate surface area is 78.1 Å². The molecule has 0 nitrogen and oxygen atoms in total. The lowest BCUT2D eigenvalue weighted by Crippen LogP contribution is -1.93. The van der Waals surface area contributed by atoms with Gasteiger partial charge in [0.1, 0.15) is 0 Å². The van der Waals surface area contributed by atoms with Gasteiger partial charge < -0.3 is 0 Å². The molecule has 0 saturated heterocycles. The first-order valence-electron chi connectivity index (χ1n) is 3.30. The predicted octanol–water partition coefficient (Wildman–Crippen LogP) is 4.15. The number of unbranched alkanes of at least 4 members (excludes halogenated alkanes) is 2. The molecule has 10 heavy (non-hydrogen) atoms. The second kappa shape index (κ2) is 5.30. The molecule has 3 heteroatoms. The fourth-order valence-corrected chi connectivity index (χ4v) is 0.913. The van der Waals surface area contributed by atoms with E-state index in [1.165, 1.54) is 6.08 Å². The van der Waals surface area contributed by atoms with Gasteiger partial charge in [0.2, 0.25) is 3.49 Å². The van der Waals surface area contributed by atoms with E-state index in [0.29, 0.717) is 0 Å². The lowest BCUT2D eigenvalue weighted by atomic mass is 10.2. The molecule has 0 aliphatic heterocycles. The first-order chi connectivity index (χ1) is 4.56. The molecule has 0 aromatic rings. The van der Waals surface area contributed by atoms with Gasteiger partial charge in [0.15, 0.2) is 0 Å². The first kappa shape index (κ1) is 10.6. The number of allylic oxidation sites excluding steroid dienone is 2. The molecule has 0 aromatic carbocycles. The maximum Gasteiger partial charge on any atom is 0.237 e. The number of alkyl halides is 3. The van der Waals surface area contributed by atoms with Gasteiger partial charge in [-0.25, -0.2) is 4.39 Å². The second-order valence-electron chi connectivity index (χ2n) is 2.09. The summed E-state index contributed by atoms with van der Waals surface area (Å²) in [6, 6.07) is 0. The van der Waals surface area contributed by atoms with E-state index in [-0.39, 0.29) is 0 Å². The SMILES string of the molecule is CCCC/C=C/C(F)(Br)Br. The predicted molar refractivity (Wildman–Crippen MR) is 50.4 cm³/mol. The summed E-state index contributed by atoms with van der Waals surface area (Å²) in [6.45, 7) is 2.11. The summed E-state index contributed by atoms with van der Waals surface area (Å²) < 4.78 is 11.1. The first-order valence-corrected chi connectivity index (χ1v) is 4.89. The Bertz CT molecular complexity index is 105. The minimum absolute atomic E-state index is 0.944. The number of rotatable bonds is 4. The highest BCUT2D eigenvalue weighted by atomic mass is 79.9. The van der Waals surface area contributed by atoms with Gasteiger partial charge in [0, 0.05) is 0 Å². The summed E-state index contributed by atoms with van der Waals surface area (Å²) in [4.78, 5) is 0. The normalized spacial score (nSPS) is 12.8. The standard InChI is InChI=1S/C7H11Br2F/c1-2-3-4-5-6-7(8,9)10/h5-6H,2-4H2,1H3/b6-5+. The van der Waals surface area contributed by atoms with Crippen molar-refractivity contribution in [1.82, 2.24) is 0 Å². The zero-order chi connectivity index (χ0) is 8.04. The fraction of sp³-hybridized carbons (Fsp3) is 0.714. The highest BCUT2D eigenvalue weighted by Crippen LogP contribution is 2.29. The lowest BCUT2D eigenvalue weighted by molar-refractivity contribution is 0.498. The average molecular weight is 274 g/mol. The maximum atomic E-state index is 12.6. The lowest BCUT2D eigenvalue weighted by Gasteiger charge is -2.00. The van der Waals surface area contributed by atoms with Crippen LogP contribution >= 0.6 is 31.9 Å². The van der Waals surface area contributed by atoms with Gasteiger partial charge in [-0.15, -0.1) is 0 Å². The third-order valence-electron chi connectivity index (χ3n) is 1.03. The van der Waals surface area contributed by atoms with Gasteiger partial charge in [0.05, 0.1) is 0 Å². The average Bonchev–Trinajstić information content (AvgIpc) is 1.78. The summed E-state index contributed by atoms with van der Waals surface area (Å²) in [7, 11) is 0. The van der Waals surface area contributed by atoms with Gasteiger partial charge in [-0.3, -0.25) is 0 Å². The smallest absolute Gasteiger partial charge is 0.214 e. The van der Waals surface area contributed by atoms with Crippen molar-refractivity contribution < 1.29 is 4.39 Å². The topological polar surface area (TPSA) is 0 Å². The molecule has 0 N–H and O–H groups in total. The van der Waals surface area contributed by atoms with Crippen LogP contribution in [-0.2, 0) is 0 Å². The van der Waals surface area contributed by atoms with Crippen molar-refractivity contribution in [3.05, 3.63) is 12.2 Å². The Kier molecular flexibility index (Phi) is 5.64. The van der Waals surface area contributed by atoms with Crippen molar-refractivity contribution in [3.63, 3.8) is 0 Å². The van der Waals surface area contributed by atoms with Crippen molar-refractivity contribution >= 4 is 31.9 Å². The van der Waals surface area contributed by atoms with Crippen molar-refractivity contribution in [3.8, 4) is 0 Å². The highest BCUT2D eigenvalue weighted by Gasteiger charge is 2.13. The minimum Gasteiger partial charge on any atom is -0.214 e. The van der Waals surface area contributed by atoms with Crippen LogP contribution in [0.3, 0.4) is 0 Å². The van der Waals surface area contributed by atoms with Crippen LogP contribution in [0.1, 0.15) is 26.2 Å². The van der Waals surface area contributed by atoms with Crippen molar-refractivity contribution in [2.75, 3.05) is 0 Å². The molecule has 0 bridgehead atoms.